The molecule has 2 amide bonds. The second-order valence-corrected chi connectivity index (χ2v) is 9.64. The Balaban J connectivity index is 1.20. The van der Waals surface area contributed by atoms with Crippen LogP contribution in [0.3, 0.4) is 0 Å². The first kappa shape index (κ1) is 24.2. The fourth-order valence-electron chi connectivity index (χ4n) is 5.05. The summed E-state index contributed by atoms with van der Waals surface area (Å²) < 4.78 is 0. The van der Waals surface area contributed by atoms with E-state index < -0.39 is 0 Å². The van der Waals surface area contributed by atoms with E-state index >= 15 is 0 Å². The molecule has 7 nitrogen and oxygen atoms in total. The highest BCUT2D eigenvalue weighted by Crippen LogP contribution is 2.32. The van der Waals surface area contributed by atoms with Gasteiger partial charge in [-0.3, -0.25) is 9.59 Å². The third kappa shape index (κ3) is 6.55. The van der Waals surface area contributed by atoms with Crippen molar-refractivity contribution in [1.82, 2.24) is 14.9 Å². The molecule has 1 N–H and O–H groups in total. The maximum absolute atomic E-state index is 12.8. The third-order valence-electron chi connectivity index (χ3n) is 7.23. The number of unbranched alkanes of at least 4 members (excludes halogenated alkanes) is 1. The molecule has 0 spiro atoms. The Bertz CT molecular complexity index is 918. The number of rotatable bonds is 8. The summed E-state index contributed by atoms with van der Waals surface area (Å²) in [6.45, 7) is 5.06. The minimum atomic E-state index is 0.124. The molecule has 2 heterocycles. The summed E-state index contributed by atoms with van der Waals surface area (Å²) in [6, 6.07) is 9.53. The van der Waals surface area contributed by atoms with Crippen LogP contribution in [-0.4, -0.2) is 52.9 Å². The van der Waals surface area contributed by atoms with Crippen LogP contribution in [-0.2, 0) is 16.0 Å². The van der Waals surface area contributed by atoms with Crippen LogP contribution >= 0.6 is 0 Å². The number of nitrogens with zero attached hydrogens (tertiary/aromatic N) is 4. The summed E-state index contributed by atoms with van der Waals surface area (Å²) in [5.41, 5.74) is 1.78. The molecule has 2 aliphatic rings. The van der Waals surface area contributed by atoms with Gasteiger partial charge in [-0.05, 0) is 55.4 Å². The predicted molar refractivity (Wildman–Crippen MR) is 135 cm³/mol. The molecular formula is C27H37N5O2. The molecule has 7 heteroatoms. The van der Waals surface area contributed by atoms with E-state index in [2.05, 4.69) is 27.1 Å². The average Bonchev–Trinajstić information content (AvgIpc) is 2.89. The Morgan fingerprint density at radius 2 is 1.65 bits per heavy atom. The van der Waals surface area contributed by atoms with Crippen molar-refractivity contribution in [2.24, 2.45) is 11.8 Å². The minimum Gasteiger partial charge on any atom is -0.339 e. The van der Waals surface area contributed by atoms with Gasteiger partial charge in [0, 0.05) is 50.2 Å². The highest BCUT2D eigenvalue weighted by atomic mass is 16.2. The summed E-state index contributed by atoms with van der Waals surface area (Å²) >= 11 is 0. The highest BCUT2D eigenvalue weighted by Gasteiger charge is 2.26. The zero-order valence-corrected chi connectivity index (χ0v) is 20.3. The molecule has 1 aromatic carbocycles. The molecule has 1 saturated carbocycles. The van der Waals surface area contributed by atoms with Gasteiger partial charge < -0.3 is 15.1 Å². The van der Waals surface area contributed by atoms with E-state index in [4.69, 9.17) is 0 Å². The first-order chi connectivity index (χ1) is 16.6. The lowest BCUT2D eigenvalue weighted by Gasteiger charge is -2.34. The first-order valence-corrected chi connectivity index (χ1v) is 12.8. The maximum Gasteiger partial charge on any atom is 0.227 e. The van der Waals surface area contributed by atoms with E-state index in [0.29, 0.717) is 19.5 Å². The van der Waals surface area contributed by atoms with Gasteiger partial charge >= 0.3 is 0 Å². The first-order valence-electron chi connectivity index (χ1n) is 12.8. The topological polar surface area (TPSA) is 78.4 Å². The number of benzene rings is 1. The zero-order chi connectivity index (χ0) is 23.8. The Morgan fingerprint density at radius 3 is 2.29 bits per heavy atom. The van der Waals surface area contributed by atoms with E-state index in [1.54, 1.807) is 18.5 Å². The van der Waals surface area contributed by atoms with E-state index in [0.717, 1.165) is 49.0 Å². The molecule has 1 aliphatic heterocycles. The quantitative estimate of drug-likeness (QED) is 0.631. The van der Waals surface area contributed by atoms with Crippen molar-refractivity contribution in [2.75, 3.05) is 36.4 Å². The van der Waals surface area contributed by atoms with Gasteiger partial charge in [0.25, 0.3) is 0 Å². The molecule has 34 heavy (non-hydrogen) atoms. The van der Waals surface area contributed by atoms with Gasteiger partial charge in [0.05, 0.1) is 6.42 Å². The Labute approximate surface area is 203 Å². The summed E-state index contributed by atoms with van der Waals surface area (Å²) in [4.78, 5) is 38.1. The number of piperazine rings is 1. The zero-order valence-electron chi connectivity index (χ0n) is 20.3. The van der Waals surface area contributed by atoms with Crippen LogP contribution in [0.25, 0.3) is 0 Å². The number of aromatic nitrogens is 2. The summed E-state index contributed by atoms with van der Waals surface area (Å²) in [7, 11) is 0. The van der Waals surface area contributed by atoms with Gasteiger partial charge in [-0.2, -0.15) is 0 Å². The average molecular weight is 464 g/mol. The number of amides is 2. The second kappa shape index (κ2) is 12.0. The Morgan fingerprint density at radius 1 is 0.971 bits per heavy atom. The van der Waals surface area contributed by atoms with E-state index in [1.807, 2.05) is 29.2 Å². The van der Waals surface area contributed by atoms with Crippen molar-refractivity contribution in [3.8, 4) is 0 Å². The van der Waals surface area contributed by atoms with Crippen molar-refractivity contribution in [3.05, 3.63) is 48.3 Å². The van der Waals surface area contributed by atoms with Gasteiger partial charge in [-0.15, -0.1) is 0 Å². The number of nitrogens with one attached hydrogen (secondary N) is 1. The second-order valence-electron chi connectivity index (χ2n) is 9.64. The predicted octanol–water partition coefficient (Wildman–Crippen LogP) is 4.30. The standard InChI is InChI=1S/C27H37N5O2/c1-2-3-5-21-6-10-23(11-7-21)26(34)30-24-12-8-22(9-13-24)20-25(33)31-16-18-32(19-17-31)27-28-14-4-15-29-27/h4,8-9,12-15,21,23H,2-3,5-7,10-11,16-20H2,1H3,(H,30,34). The molecule has 1 aliphatic carbocycles. The Hall–Kier alpha value is -2.96. The van der Waals surface area contributed by atoms with Gasteiger partial charge in [-0.25, -0.2) is 9.97 Å². The number of carbonyl (C=O) groups is 2. The van der Waals surface area contributed by atoms with Crippen LogP contribution in [0.15, 0.2) is 42.7 Å². The smallest absolute Gasteiger partial charge is 0.227 e. The fourth-order valence-corrected chi connectivity index (χ4v) is 5.05. The van der Waals surface area contributed by atoms with Crippen molar-refractivity contribution < 1.29 is 9.59 Å². The van der Waals surface area contributed by atoms with Gasteiger partial charge in [0.2, 0.25) is 17.8 Å². The largest absolute Gasteiger partial charge is 0.339 e. The molecule has 182 valence electrons. The van der Waals surface area contributed by atoms with Crippen LogP contribution in [0.1, 0.15) is 57.4 Å². The van der Waals surface area contributed by atoms with Crippen LogP contribution in [0.5, 0.6) is 0 Å². The van der Waals surface area contributed by atoms with Gasteiger partial charge in [-0.1, -0.05) is 38.3 Å². The highest BCUT2D eigenvalue weighted by molar-refractivity contribution is 5.92. The van der Waals surface area contributed by atoms with E-state index in [-0.39, 0.29) is 17.7 Å². The van der Waals surface area contributed by atoms with Crippen LogP contribution in [0.4, 0.5) is 11.6 Å². The molecule has 0 atom stereocenters. The minimum absolute atomic E-state index is 0.124. The number of anilines is 2. The van der Waals surface area contributed by atoms with Gasteiger partial charge in [0.1, 0.15) is 0 Å². The third-order valence-corrected chi connectivity index (χ3v) is 7.23. The molecular weight excluding hydrogens is 426 g/mol. The fraction of sp³-hybridized carbons (Fsp3) is 0.556. The lowest BCUT2D eigenvalue weighted by atomic mass is 9.79. The molecule has 1 aromatic heterocycles. The monoisotopic (exact) mass is 463 g/mol. The van der Waals surface area contributed by atoms with Crippen molar-refractivity contribution in [2.45, 2.75) is 58.3 Å². The van der Waals surface area contributed by atoms with E-state index in [1.165, 1.54) is 32.1 Å². The summed E-state index contributed by atoms with van der Waals surface area (Å²) in [5, 5.41) is 3.08. The number of carbonyl (C=O) groups excluding carboxylic acids is 2. The van der Waals surface area contributed by atoms with E-state index in [9.17, 15) is 9.59 Å². The molecule has 1 saturated heterocycles. The summed E-state index contributed by atoms with van der Waals surface area (Å²) in [5.74, 6) is 1.91. The van der Waals surface area contributed by atoms with Crippen LogP contribution in [0.2, 0.25) is 0 Å². The molecule has 0 bridgehead atoms. The lowest BCUT2D eigenvalue weighted by molar-refractivity contribution is -0.130. The Kier molecular flexibility index (Phi) is 8.50. The SMILES string of the molecule is CCCCC1CCC(C(=O)Nc2ccc(CC(=O)N3CCN(c4ncccn4)CC3)cc2)CC1. The molecule has 2 aromatic rings. The lowest BCUT2D eigenvalue weighted by Crippen LogP contribution is -2.49. The normalized spacial score (nSPS) is 20.7. The van der Waals surface area contributed by atoms with Gasteiger partial charge in [0.15, 0.2) is 0 Å². The number of hydrogen-bond donors (Lipinski definition) is 1. The van der Waals surface area contributed by atoms with Crippen LogP contribution < -0.4 is 10.2 Å². The van der Waals surface area contributed by atoms with Crippen molar-refractivity contribution in [3.63, 3.8) is 0 Å². The molecule has 2 fully saturated rings. The number of hydrogen-bond acceptors (Lipinski definition) is 5. The molecule has 4 rings (SSSR count). The molecule has 0 unspecified atom stereocenters. The van der Waals surface area contributed by atoms with Crippen molar-refractivity contribution >= 4 is 23.5 Å². The molecule has 0 radical (unpaired) electrons. The van der Waals surface area contributed by atoms with Crippen LogP contribution in [0, 0.1) is 11.8 Å². The maximum atomic E-state index is 12.8. The van der Waals surface area contributed by atoms with Crippen molar-refractivity contribution in [1.29, 1.82) is 0 Å². The summed E-state index contributed by atoms with van der Waals surface area (Å²) in [6.07, 6.45) is 12.1.